The highest BCUT2D eigenvalue weighted by molar-refractivity contribution is 5.94. The number of carbonyl (C=O) groups excluding carboxylic acids is 2. The van der Waals surface area contributed by atoms with Crippen molar-refractivity contribution in [2.45, 2.75) is 19.8 Å². The highest BCUT2D eigenvalue weighted by Gasteiger charge is 2.27. The minimum atomic E-state index is -0.242. The Hall–Kier alpha value is -2.39. The summed E-state index contributed by atoms with van der Waals surface area (Å²) in [6.45, 7) is 4.17. The molecule has 128 valence electrons. The SMILES string of the molecule is C#CCN1CCC(C(=O)N(C)CC(=O)Nc2cccc(C)n2)CC1. The first kappa shape index (κ1) is 18.0. The molecule has 0 spiro atoms. The van der Waals surface area contributed by atoms with Crippen molar-refractivity contribution in [2.24, 2.45) is 5.92 Å². The summed E-state index contributed by atoms with van der Waals surface area (Å²) in [4.78, 5) is 32.4. The standard InChI is InChI=1S/C18H24N4O2/c1-4-10-22-11-8-15(9-12-22)18(24)21(3)13-17(23)20-16-7-5-6-14(2)19-16/h1,5-7,15H,8-13H2,2-3H3,(H,19,20,23). The van der Waals surface area contributed by atoms with Crippen LogP contribution in [0.3, 0.4) is 0 Å². The number of carbonyl (C=O) groups is 2. The van der Waals surface area contributed by atoms with Crippen molar-refractivity contribution >= 4 is 17.6 Å². The van der Waals surface area contributed by atoms with Crippen LogP contribution in [0.25, 0.3) is 0 Å². The third-order valence-electron chi connectivity index (χ3n) is 4.16. The van der Waals surface area contributed by atoms with Gasteiger partial charge in [0.25, 0.3) is 0 Å². The van der Waals surface area contributed by atoms with E-state index in [4.69, 9.17) is 6.42 Å². The molecule has 0 aromatic carbocycles. The van der Waals surface area contributed by atoms with Gasteiger partial charge in [-0.15, -0.1) is 6.42 Å². The maximum absolute atomic E-state index is 12.5. The summed E-state index contributed by atoms with van der Waals surface area (Å²) in [5.74, 6) is 2.87. The number of rotatable bonds is 5. The van der Waals surface area contributed by atoms with Crippen LogP contribution in [0.15, 0.2) is 18.2 Å². The van der Waals surface area contributed by atoms with Crippen LogP contribution < -0.4 is 5.32 Å². The minimum absolute atomic E-state index is 0.0164. The number of terminal acetylenes is 1. The van der Waals surface area contributed by atoms with Crippen LogP contribution >= 0.6 is 0 Å². The third-order valence-corrected chi connectivity index (χ3v) is 4.16. The molecule has 1 aliphatic heterocycles. The van der Waals surface area contributed by atoms with Crippen LogP contribution in [-0.4, -0.2) is 59.8 Å². The quantitative estimate of drug-likeness (QED) is 0.823. The van der Waals surface area contributed by atoms with Gasteiger partial charge in [-0.1, -0.05) is 12.0 Å². The first-order valence-corrected chi connectivity index (χ1v) is 8.14. The van der Waals surface area contributed by atoms with Crippen LogP contribution in [0.5, 0.6) is 0 Å². The van der Waals surface area contributed by atoms with E-state index in [2.05, 4.69) is 21.1 Å². The molecular formula is C18H24N4O2. The van der Waals surface area contributed by atoms with Crippen molar-refractivity contribution in [3.8, 4) is 12.3 Å². The molecule has 24 heavy (non-hydrogen) atoms. The van der Waals surface area contributed by atoms with Crippen molar-refractivity contribution in [3.63, 3.8) is 0 Å². The van der Waals surface area contributed by atoms with Crippen LogP contribution in [0.2, 0.25) is 0 Å². The van der Waals surface area contributed by atoms with E-state index in [0.717, 1.165) is 31.6 Å². The highest BCUT2D eigenvalue weighted by Crippen LogP contribution is 2.19. The lowest BCUT2D eigenvalue weighted by Gasteiger charge is -2.31. The van der Waals surface area contributed by atoms with Gasteiger partial charge in [-0.05, 0) is 45.0 Å². The number of hydrogen-bond acceptors (Lipinski definition) is 4. The monoisotopic (exact) mass is 328 g/mol. The molecule has 0 radical (unpaired) electrons. The summed E-state index contributed by atoms with van der Waals surface area (Å²) in [7, 11) is 1.67. The van der Waals surface area contributed by atoms with Gasteiger partial charge in [0, 0.05) is 18.7 Å². The summed E-state index contributed by atoms with van der Waals surface area (Å²) >= 11 is 0. The molecule has 2 amide bonds. The second kappa shape index (κ2) is 8.46. The molecule has 0 atom stereocenters. The summed E-state index contributed by atoms with van der Waals surface area (Å²) in [5.41, 5.74) is 0.830. The topological polar surface area (TPSA) is 65.5 Å². The molecule has 0 unspecified atom stereocenters. The van der Waals surface area contributed by atoms with Gasteiger partial charge >= 0.3 is 0 Å². The van der Waals surface area contributed by atoms with E-state index in [1.807, 2.05) is 19.1 Å². The molecule has 1 N–H and O–H groups in total. The van der Waals surface area contributed by atoms with Crippen molar-refractivity contribution < 1.29 is 9.59 Å². The molecule has 6 nitrogen and oxygen atoms in total. The van der Waals surface area contributed by atoms with Gasteiger partial charge in [0.1, 0.15) is 5.82 Å². The fourth-order valence-corrected chi connectivity index (χ4v) is 2.87. The zero-order valence-electron chi connectivity index (χ0n) is 14.3. The number of anilines is 1. The number of nitrogens with zero attached hydrogens (tertiary/aromatic N) is 3. The van der Waals surface area contributed by atoms with E-state index < -0.39 is 0 Å². The maximum Gasteiger partial charge on any atom is 0.245 e. The minimum Gasteiger partial charge on any atom is -0.336 e. The Morgan fingerprint density at radius 2 is 2.12 bits per heavy atom. The van der Waals surface area contributed by atoms with Gasteiger partial charge < -0.3 is 10.2 Å². The Kier molecular flexibility index (Phi) is 6.33. The zero-order chi connectivity index (χ0) is 17.5. The van der Waals surface area contributed by atoms with Crippen molar-refractivity contribution in [1.29, 1.82) is 0 Å². The van der Waals surface area contributed by atoms with Gasteiger partial charge in [0.2, 0.25) is 11.8 Å². The molecule has 0 bridgehead atoms. The van der Waals surface area contributed by atoms with Crippen molar-refractivity contribution in [3.05, 3.63) is 23.9 Å². The van der Waals surface area contributed by atoms with Crippen molar-refractivity contribution in [2.75, 3.05) is 38.5 Å². The van der Waals surface area contributed by atoms with E-state index in [0.29, 0.717) is 12.4 Å². The lowest BCUT2D eigenvalue weighted by molar-refractivity contribution is -0.138. The second-order valence-electron chi connectivity index (χ2n) is 6.16. The number of likely N-dealkylation sites (N-methyl/N-ethyl adjacent to an activating group) is 1. The zero-order valence-corrected chi connectivity index (χ0v) is 14.3. The van der Waals surface area contributed by atoms with Crippen molar-refractivity contribution in [1.82, 2.24) is 14.8 Å². The number of nitrogens with one attached hydrogen (secondary N) is 1. The molecule has 1 aromatic rings. The van der Waals surface area contributed by atoms with Crippen LogP contribution in [-0.2, 0) is 9.59 Å². The predicted octanol–water partition coefficient (Wildman–Crippen LogP) is 1.13. The van der Waals surface area contributed by atoms with Crippen LogP contribution in [0, 0.1) is 25.2 Å². The maximum atomic E-state index is 12.5. The van der Waals surface area contributed by atoms with Gasteiger partial charge in [-0.25, -0.2) is 4.98 Å². The van der Waals surface area contributed by atoms with Crippen LogP contribution in [0.1, 0.15) is 18.5 Å². The van der Waals surface area contributed by atoms with E-state index >= 15 is 0 Å². The summed E-state index contributed by atoms with van der Waals surface area (Å²) in [6, 6.07) is 5.42. The summed E-state index contributed by atoms with van der Waals surface area (Å²) in [5, 5.41) is 2.72. The molecule has 6 heteroatoms. The second-order valence-corrected chi connectivity index (χ2v) is 6.16. The molecule has 1 fully saturated rings. The average molecular weight is 328 g/mol. The molecular weight excluding hydrogens is 304 g/mol. The lowest BCUT2D eigenvalue weighted by Crippen LogP contribution is -2.43. The Bertz CT molecular complexity index is 630. The van der Waals surface area contributed by atoms with E-state index in [1.165, 1.54) is 4.90 Å². The van der Waals surface area contributed by atoms with E-state index in [1.54, 1.807) is 13.1 Å². The number of aryl methyl sites for hydroxylation is 1. The average Bonchev–Trinajstić information content (AvgIpc) is 2.55. The predicted molar refractivity (Wildman–Crippen MR) is 93.2 cm³/mol. The van der Waals surface area contributed by atoms with Gasteiger partial charge in [0.15, 0.2) is 0 Å². The summed E-state index contributed by atoms with van der Waals surface area (Å²) in [6.07, 6.45) is 6.88. The fraction of sp³-hybridized carbons (Fsp3) is 0.500. The number of likely N-dealkylation sites (tertiary alicyclic amines) is 1. The number of pyridine rings is 1. The lowest BCUT2D eigenvalue weighted by atomic mass is 9.95. The Morgan fingerprint density at radius 1 is 1.42 bits per heavy atom. The molecule has 1 saturated heterocycles. The highest BCUT2D eigenvalue weighted by atomic mass is 16.2. The van der Waals surface area contributed by atoms with E-state index in [9.17, 15) is 9.59 Å². The van der Waals surface area contributed by atoms with E-state index in [-0.39, 0.29) is 24.3 Å². The largest absolute Gasteiger partial charge is 0.336 e. The molecule has 2 rings (SSSR count). The molecule has 0 saturated carbocycles. The molecule has 2 heterocycles. The first-order chi connectivity index (χ1) is 11.5. The Balaban J connectivity index is 1.81. The molecule has 0 aliphatic carbocycles. The molecule has 1 aromatic heterocycles. The third kappa shape index (κ3) is 5.07. The normalized spacial score (nSPS) is 15.5. The Labute approximate surface area is 143 Å². The van der Waals surface area contributed by atoms with Crippen LogP contribution in [0.4, 0.5) is 5.82 Å². The smallest absolute Gasteiger partial charge is 0.245 e. The number of amides is 2. The number of hydrogen-bond donors (Lipinski definition) is 1. The number of piperidine rings is 1. The summed E-state index contributed by atoms with van der Waals surface area (Å²) < 4.78 is 0. The van der Waals surface area contributed by atoms with Gasteiger partial charge in [-0.2, -0.15) is 0 Å². The van der Waals surface area contributed by atoms with Gasteiger partial charge in [-0.3, -0.25) is 14.5 Å². The Morgan fingerprint density at radius 3 is 2.75 bits per heavy atom. The van der Waals surface area contributed by atoms with Gasteiger partial charge in [0.05, 0.1) is 13.1 Å². The molecule has 1 aliphatic rings. The fourth-order valence-electron chi connectivity index (χ4n) is 2.87. The first-order valence-electron chi connectivity index (χ1n) is 8.14. The number of aromatic nitrogens is 1.